The Morgan fingerprint density at radius 1 is 1.57 bits per heavy atom. The van der Waals surface area contributed by atoms with E-state index in [9.17, 15) is 4.79 Å². The molecule has 1 aliphatic rings. The van der Waals surface area contributed by atoms with Crippen molar-refractivity contribution in [3.63, 3.8) is 0 Å². The van der Waals surface area contributed by atoms with Crippen LogP contribution in [0.2, 0.25) is 0 Å². The highest BCUT2D eigenvalue weighted by Gasteiger charge is 2.28. The van der Waals surface area contributed by atoms with Crippen molar-refractivity contribution in [1.29, 1.82) is 0 Å². The van der Waals surface area contributed by atoms with Crippen molar-refractivity contribution in [1.82, 2.24) is 19.8 Å². The van der Waals surface area contributed by atoms with Crippen LogP contribution in [0.4, 0.5) is 0 Å². The van der Waals surface area contributed by atoms with E-state index in [1.165, 1.54) is 0 Å². The molecule has 0 spiro atoms. The standard InChI is InChI=1S/C15H20N4O2/c1-10-4-5-13-12(8-10)14(17-21-13)15(20)18(2)9-11-6-7-19(3)16-11/h6-7,10H,4-5,8-9H2,1-3H3. The lowest BCUT2D eigenvalue weighted by Gasteiger charge is -2.18. The Morgan fingerprint density at radius 3 is 3.10 bits per heavy atom. The predicted molar refractivity (Wildman–Crippen MR) is 76.7 cm³/mol. The molecule has 2 aromatic heterocycles. The van der Waals surface area contributed by atoms with Crippen LogP contribution in [-0.2, 0) is 26.4 Å². The summed E-state index contributed by atoms with van der Waals surface area (Å²) in [6.45, 7) is 2.67. The van der Waals surface area contributed by atoms with Gasteiger partial charge in [-0.15, -0.1) is 0 Å². The molecule has 2 heterocycles. The molecule has 6 nitrogen and oxygen atoms in total. The number of aromatic nitrogens is 3. The lowest BCUT2D eigenvalue weighted by Crippen LogP contribution is -2.28. The molecule has 3 rings (SSSR count). The van der Waals surface area contributed by atoms with Crippen molar-refractivity contribution in [2.24, 2.45) is 13.0 Å². The fourth-order valence-electron chi connectivity index (χ4n) is 2.79. The summed E-state index contributed by atoms with van der Waals surface area (Å²) in [5, 5.41) is 8.30. The zero-order valence-electron chi connectivity index (χ0n) is 12.7. The molecule has 6 heteroatoms. The van der Waals surface area contributed by atoms with E-state index in [1.807, 2.05) is 19.3 Å². The van der Waals surface area contributed by atoms with Gasteiger partial charge in [0, 0.05) is 32.3 Å². The van der Waals surface area contributed by atoms with Crippen LogP contribution in [0.25, 0.3) is 0 Å². The van der Waals surface area contributed by atoms with Crippen LogP contribution in [-0.4, -0.2) is 32.8 Å². The summed E-state index contributed by atoms with van der Waals surface area (Å²) in [5.41, 5.74) is 2.32. The van der Waals surface area contributed by atoms with E-state index < -0.39 is 0 Å². The first kappa shape index (κ1) is 13.9. The molecular weight excluding hydrogens is 268 g/mol. The Balaban J connectivity index is 1.77. The minimum atomic E-state index is -0.0975. The van der Waals surface area contributed by atoms with Crippen LogP contribution in [0.15, 0.2) is 16.8 Å². The topological polar surface area (TPSA) is 64.2 Å². The molecule has 1 aliphatic carbocycles. The Labute approximate surface area is 123 Å². The number of amides is 1. The van der Waals surface area contributed by atoms with E-state index in [2.05, 4.69) is 17.2 Å². The first-order chi connectivity index (χ1) is 10.0. The van der Waals surface area contributed by atoms with E-state index in [-0.39, 0.29) is 5.91 Å². The Bertz CT molecular complexity index is 658. The highest BCUT2D eigenvalue weighted by atomic mass is 16.5. The van der Waals surface area contributed by atoms with Gasteiger partial charge in [-0.3, -0.25) is 9.48 Å². The molecule has 0 aromatic carbocycles. The van der Waals surface area contributed by atoms with Gasteiger partial charge in [-0.2, -0.15) is 5.10 Å². The molecular formula is C15H20N4O2. The van der Waals surface area contributed by atoms with Crippen molar-refractivity contribution in [3.8, 4) is 0 Å². The van der Waals surface area contributed by atoms with Crippen LogP contribution in [0, 0.1) is 5.92 Å². The van der Waals surface area contributed by atoms with Crippen LogP contribution in [0.3, 0.4) is 0 Å². The molecule has 0 fully saturated rings. The lowest BCUT2D eigenvalue weighted by molar-refractivity contribution is 0.0771. The maximum Gasteiger partial charge on any atom is 0.276 e. The molecule has 1 unspecified atom stereocenters. The summed E-state index contributed by atoms with van der Waals surface area (Å²) in [6, 6.07) is 1.91. The van der Waals surface area contributed by atoms with E-state index in [1.54, 1.807) is 16.6 Å². The number of rotatable bonds is 3. The number of hydrogen-bond donors (Lipinski definition) is 0. The van der Waals surface area contributed by atoms with Gasteiger partial charge in [-0.1, -0.05) is 12.1 Å². The SMILES string of the molecule is CC1CCc2onc(C(=O)N(C)Cc3ccn(C)n3)c2C1. The third-order valence-electron chi connectivity index (χ3n) is 4.00. The molecule has 0 bridgehead atoms. The van der Waals surface area contributed by atoms with Gasteiger partial charge in [0.1, 0.15) is 5.76 Å². The van der Waals surface area contributed by atoms with Crippen LogP contribution in [0.1, 0.15) is 40.9 Å². The average molecular weight is 288 g/mol. The summed E-state index contributed by atoms with van der Waals surface area (Å²) in [4.78, 5) is 14.2. The number of fused-ring (bicyclic) bond motifs is 1. The molecule has 1 atom stereocenters. The number of aryl methyl sites for hydroxylation is 2. The minimum Gasteiger partial charge on any atom is -0.360 e. The monoisotopic (exact) mass is 288 g/mol. The van der Waals surface area contributed by atoms with Gasteiger partial charge in [-0.25, -0.2) is 0 Å². The van der Waals surface area contributed by atoms with Gasteiger partial charge in [0.15, 0.2) is 5.69 Å². The molecule has 0 N–H and O–H groups in total. The summed E-state index contributed by atoms with van der Waals surface area (Å²) < 4.78 is 7.07. The summed E-state index contributed by atoms with van der Waals surface area (Å²) in [7, 11) is 3.63. The van der Waals surface area contributed by atoms with Gasteiger partial charge in [0.25, 0.3) is 5.91 Å². The predicted octanol–water partition coefficient (Wildman–Crippen LogP) is 1.81. The quantitative estimate of drug-likeness (QED) is 0.864. The number of nitrogens with zero attached hydrogens (tertiary/aromatic N) is 4. The number of carbonyl (C=O) groups excluding carboxylic acids is 1. The second-order valence-electron chi connectivity index (χ2n) is 5.92. The fraction of sp³-hybridized carbons (Fsp3) is 0.533. The molecule has 0 aliphatic heterocycles. The summed E-state index contributed by atoms with van der Waals surface area (Å²) in [6.07, 6.45) is 4.71. The van der Waals surface area contributed by atoms with E-state index in [0.717, 1.165) is 36.3 Å². The van der Waals surface area contributed by atoms with Crippen LogP contribution in [0.5, 0.6) is 0 Å². The lowest BCUT2D eigenvalue weighted by atomic mass is 9.88. The molecule has 1 amide bonds. The largest absolute Gasteiger partial charge is 0.360 e. The van der Waals surface area contributed by atoms with Crippen molar-refractivity contribution in [2.75, 3.05) is 7.05 Å². The second kappa shape index (κ2) is 5.35. The van der Waals surface area contributed by atoms with E-state index in [4.69, 9.17) is 4.52 Å². The maximum absolute atomic E-state index is 12.6. The third kappa shape index (κ3) is 2.70. The number of carbonyl (C=O) groups is 1. The molecule has 2 aromatic rings. The van der Waals surface area contributed by atoms with Crippen molar-refractivity contribution >= 4 is 5.91 Å². The van der Waals surface area contributed by atoms with Crippen molar-refractivity contribution < 1.29 is 9.32 Å². The van der Waals surface area contributed by atoms with E-state index in [0.29, 0.717) is 18.2 Å². The normalized spacial score (nSPS) is 17.6. The van der Waals surface area contributed by atoms with Crippen molar-refractivity contribution in [3.05, 3.63) is 35.0 Å². The smallest absolute Gasteiger partial charge is 0.276 e. The molecule has 21 heavy (non-hydrogen) atoms. The van der Waals surface area contributed by atoms with Crippen molar-refractivity contribution in [2.45, 2.75) is 32.7 Å². The fourth-order valence-corrected chi connectivity index (χ4v) is 2.79. The molecule has 0 saturated heterocycles. The number of hydrogen-bond acceptors (Lipinski definition) is 4. The highest BCUT2D eigenvalue weighted by Crippen LogP contribution is 2.28. The average Bonchev–Trinajstić information content (AvgIpc) is 3.04. The minimum absolute atomic E-state index is 0.0975. The first-order valence-corrected chi connectivity index (χ1v) is 7.26. The molecule has 0 saturated carbocycles. The zero-order chi connectivity index (χ0) is 15.0. The summed E-state index contributed by atoms with van der Waals surface area (Å²) in [5.74, 6) is 1.35. The Morgan fingerprint density at radius 2 is 2.38 bits per heavy atom. The van der Waals surface area contributed by atoms with Gasteiger partial charge >= 0.3 is 0 Å². The molecule has 0 radical (unpaired) electrons. The van der Waals surface area contributed by atoms with Crippen LogP contribution >= 0.6 is 0 Å². The van der Waals surface area contributed by atoms with Gasteiger partial charge < -0.3 is 9.42 Å². The summed E-state index contributed by atoms with van der Waals surface area (Å²) >= 11 is 0. The van der Waals surface area contributed by atoms with Gasteiger partial charge in [0.05, 0.1) is 12.2 Å². The Hall–Kier alpha value is -2.11. The second-order valence-corrected chi connectivity index (χ2v) is 5.92. The highest BCUT2D eigenvalue weighted by molar-refractivity contribution is 5.93. The third-order valence-corrected chi connectivity index (χ3v) is 4.00. The van der Waals surface area contributed by atoms with Crippen LogP contribution < -0.4 is 0 Å². The van der Waals surface area contributed by atoms with Gasteiger partial charge in [-0.05, 0) is 24.8 Å². The molecule has 112 valence electrons. The Kier molecular flexibility index (Phi) is 3.53. The van der Waals surface area contributed by atoms with E-state index >= 15 is 0 Å². The maximum atomic E-state index is 12.6. The zero-order valence-corrected chi connectivity index (χ0v) is 12.7. The van der Waals surface area contributed by atoms with Gasteiger partial charge in [0.2, 0.25) is 0 Å². The first-order valence-electron chi connectivity index (χ1n) is 7.26.